The number of rotatable bonds is 8. The molecule has 56 heavy (non-hydrogen) atoms. The number of morpholine rings is 2. The van der Waals surface area contributed by atoms with Crippen molar-refractivity contribution < 1.29 is 29.3 Å². The molecule has 4 aliphatic heterocycles. The standard InChI is InChI=1S/C39H47N11O6/c1-24(2)29-16-30(32(52)17-31(29)51)35(53)50-21-26-4-3-25(15-27(26)22-50)20-46-5-7-47(8-6-46)36(54)33-23-49(11-14-56-33)39-44-34(28-18-41-37(40)42-19-28)43-38(45-39)48-9-12-55-13-10-48/h3-4,15-19,24,33,51-52H,5-14,20-23H2,1-2H3,(H2,40,41,42). The van der Waals surface area contributed by atoms with E-state index >= 15 is 0 Å². The van der Waals surface area contributed by atoms with Gasteiger partial charge < -0.3 is 45.0 Å². The van der Waals surface area contributed by atoms with E-state index in [-0.39, 0.29) is 40.7 Å². The average molecular weight is 766 g/mol. The summed E-state index contributed by atoms with van der Waals surface area (Å²) in [5.41, 5.74) is 10.4. The van der Waals surface area contributed by atoms with Gasteiger partial charge in [0.25, 0.3) is 11.8 Å². The number of hydrogen-bond donors (Lipinski definition) is 3. The van der Waals surface area contributed by atoms with Crippen LogP contribution in [0.25, 0.3) is 11.4 Å². The van der Waals surface area contributed by atoms with Gasteiger partial charge in [0.15, 0.2) is 11.9 Å². The number of aromatic hydroxyl groups is 2. The van der Waals surface area contributed by atoms with E-state index in [9.17, 15) is 19.8 Å². The van der Waals surface area contributed by atoms with Gasteiger partial charge in [-0.25, -0.2) is 9.97 Å². The fraction of sp³-hybridized carbons (Fsp3) is 0.462. The van der Waals surface area contributed by atoms with Crippen molar-refractivity contribution in [3.05, 3.63) is 70.5 Å². The van der Waals surface area contributed by atoms with Crippen molar-refractivity contribution in [2.24, 2.45) is 0 Å². The van der Waals surface area contributed by atoms with Crippen LogP contribution in [0, 0.1) is 0 Å². The summed E-state index contributed by atoms with van der Waals surface area (Å²) < 4.78 is 11.6. The third-order valence-corrected chi connectivity index (χ3v) is 10.8. The molecule has 0 aliphatic carbocycles. The average Bonchev–Trinajstić information content (AvgIpc) is 3.65. The van der Waals surface area contributed by atoms with Crippen LogP contribution in [0.15, 0.2) is 42.7 Å². The number of amides is 2. The number of hydrogen-bond acceptors (Lipinski definition) is 15. The molecule has 17 heteroatoms. The highest BCUT2D eigenvalue weighted by atomic mass is 16.5. The molecule has 2 aromatic heterocycles. The first-order valence-corrected chi connectivity index (χ1v) is 19.1. The first-order valence-electron chi connectivity index (χ1n) is 19.1. The van der Waals surface area contributed by atoms with E-state index < -0.39 is 6.10 Å². The van der Waals surface area contributed by atoms with Gasteiger partial charge in [0.05, 0.1) is 37.5 Å². The highest BCUT2D eigenvalue weighted by Crippen LogP contribution is 2.35. The minimum Gasteiger partial charge on any atom is -0.508 e. The molecule has 4 N–H and O–H groups in total. The molecule has 0 radical (unpaired) electrons. The van der Waals surface area contributed by atoms with Crippen molar-refractivity contribution in [1.82, 2.24) is 39.6 Å². The molecule has 17 nitrogen and oxygen atoms in total. The van der Waals surface area contributed by atoms with Crippen molar-refractivity contribution in [3.63, 3.8) is 0 Å². The summed E-state index contributed by atoms with van der Waals surface area (Å²) in [6.07, 6.45) is 2.52. The van der Waals surface area contributed by atoms with E-state index in [1.165, 1.54) is 6.07 Å². The Labute approximate surface area is 324 Å². The molecule has 3 fully saturated rings. The van der Waals surface area contributed by atoms with E-state index in [4.69, 9.17) is 30.2 Å². The van der Waals surface area contributed by atoms with Crippen LogP contribution in [-0.4, -0.2) is 140 Å². The number of carbonyl (C=O) groups is 2. The number of benzene rings is 2. The van der Waals surface area contributed by atoms with E-state index in [1.807, 2.05) is 23.6 Å². The first-order chi connectivity index (χ1) is 27.1. The van der Waals surface area contributed by atoms with Gasteiger partial charge in [0.1, 0.15) is 11.5 Å². The monoisotopic (exact) mass is 765 g/mol. The quantitative estimate of drug-likeness (QED) is 0.235. The second kappa shape index (κ2) is 15.8. The summed E-state index contributed by atoms with van der Waals surface area (Å²) in [4.78, 5) is 59.8. The first kappa shape index (κ1) is 37.3. The lowest BCUT2D eigenvalue weighted by Crippen LogP contribution is -2.56. The van der Waals surface area contributed by atoms with Crippen LogP contribution in [-0.2, 0) is 33.9 Å². The van der Waals surface area contributed by atoms with E-state index in [2.05, 4.69) is 38.0 Å². The van der Waals surface area contributed by atoms with Crippen molar-refractivity contribution in [3.8, 4) is 22.9 Å². The lowest BCUT2D eigenvalue weighted by atomic mass is 9.98. The predicted octanol–water partition coefficient (Wildman–Crippen LogP) is 1.99. The number of anilines is 3. The summed E-state index contributed by atoms with van der Waals surface area (Å²) in [5.74, 6) is 1.01. The Morgan fingerprint density at radius 1 is 0.821 bits per heavy atom. The molecule has 3 saturated heterocycles. The maximum Gasteiger partial charge on any atom is 0.258 e. The molecule has 2 aromatic carbocycles. The molecular weight excluding hydrogens is 718 g/mol. The van der Waals surface area contributed by atoms with Crippen LogP contribution in [0.2, 0.25) is 0 Å². The van der Waals surface area contributed by atoms with Crippen LogP contribution in [0.5, 0.6) is 11.5 Å². The van der Waals surface area contributed by atoms with Crippen LogP contribution >= 0.6 is 0 Å². The highest BCUT2D eigenvalue weighted by molar-refractivity contribution is 5.97. The van der Waals surface area contributed by atoms with Gasteiger partial charge in [-0.1, -0.05) is 32.0 Å². The number of carbonyl (C=O) groups excluding carboxylic acids is 2. The zero-order valence-electron chi connectivity index (χ0n) is 31.7. The predicted molar refractivity (Wildman–Crippen MR) is 206 cm³/mol. The number of phenolic OH excluding ortho intramolecular Hbond substituents is 2. The highest BCUT2D eigenvalue weighted by Gasteiger charge is 2.34. The smallest absolute Gasteiger partial charge is 0.258 e. The Morgan fingerprint density at radius 3 is 2.25 bits per heavy atom. The second-order valence-corrected chi connectivity index (χ2v) is 14.9. The van der Waals surface area contributed by atoms with Crippen LogP contribution in [0.4, 0.5) is 17.8 Å². The van der Waals surface area contributed by atoms with E-state index in [0.29, 0.717) is 114 Å². The summed E-state index contributed by atoms with van der Waals surface area (Å²) in [7, 11) is 0. The molecule has 1 atom stereocenters. The Kier molecular flexibility index (Phi) is 10.5. The molecule has 0 bridgehead atoms. The SMILES string of the molecule is CC(C)c1cc(C(=O)N2Cc3ccc(CN4CCN(C(=O)C5CN(c6nc(-c7cnc(N)nc7)nc(N7CCOCC7)n6)CCO5)CC4)cc3C2)c(O)cc1O. The van der Waals surface area contributed by atoms with Gasteiger partial charge in [-0.05, 0) is 34.2 Å². The molecule has 2 amide bonds. The van der Waals surface area contributed by atoms with Crippen molar-refractivity contribution >= 4 is 29.7 Å². The van der Waals surface area contributed by atoms with Gasteiger partial charge in [-0.3, -0.25) is 14.5 Å². The van der Waals surface area contributed by atoms with Gasteiger partial charge in [-0.2, -0.15) is 15.0 Å². The van der Waals surface area contributed by atoms with Crippen molar-refractivity contribution in [2.75, 3.05) is 87.7 Å². The summed E-state index contributed by atoms with van der Waals surface area (Å²) in [6.45, 7) is 11.7. The lowest BCUT2D eigenvalue weighted by Gasteiger charge is -2.39. The van der Waals surface area contributed by atoms with E-state index in [0.717, 1.165) is 23.2 Å². The van der Waals surface area contributed by atoms with Crippen molar-refractivity contribution in [1.29, 1.82) is 0 Å². The van der Waals surface area contributed by atoms with Gasteiger partial charge in [-0.15, -0.1) is 0 Å². The molecule has 8 rings (SSSR count). The number of phenols is 2. The maximum atomic E-state index is 13.8. The fourth-order valence-corrected chi connectivity index (χ4v) is 7.64. The molecular formula is C39H47N11O6. The third kappa shape index (κ3) is 7.87. The molecule has 294 valence electrons. The minimum atomic E-state index is -0.662. The molecule has 0 spiro atoms. The topological polar surface area (TPSA) is 200 Å². The number of fused-ring (bicyclic) bond motifs is 1. The number of nitrogens with two attached hydrogens (primary N) is 1. The Hall–Kier alpha value is -5.65. The second-order valence-electron chi connectivity index (χ2n) is 14.9. The largest absolute Gasteiger partial charge is 0.508 e. The zero-order valence-corrected chi connectivity index (χ0v) is 31.7. The van der Waals surface area contributed by atoms with Crippen LogP contribution in [0.3, 0.4) is 0 Å². The van der Waals surface area contributed by atoms with Crippen LogP contribution in [0.1, 0.15) is 52.4 Å². The van der Waals surface area contributed by atoms with E-state index in [1.54, 1.807) is 23.4 Å². The lowest BCUT2D eigenvalue weighted by molar-refractivity contribution is -0.146. The van der Waals surface area contributed by atoms with Crippen molar-refractivity contribution in [2.45, 2.75) is 45.5 Å². The van der Waals surface area contributed by atoms with Gasteiger partial charge in [0, 0.05) is 83.9 Å². The molecule has 1 unspecified atom stereocenters. The number of aromatic nitrogens is 5. The number of ether oxygens (including phenoxy) is 2. The fourth-order valence-electron chi connectivity index (χ4n) is 7.64. The zero-order chi connectivity index (χ0) is 38.9. The Morgan fingerprint density at radius 2 is 1.52 bits per heavy atom. The number of nitrogens with zero attached hydrogens (tertiary/aromatic N) is 10. The summed E-state index contributed by atoms with van der Waals surface area (Å²) in [5, 5.41) is 20.7. The maximum absolute atomic E-state index is 13.8. The third-order valence-electron chi connectivity index (χ3n) is 10.8. The minimum absolute atomic E-state index is 0.00108. The Balaban J connectivity index is 0.877. The molecule has 0 saturated carbocycles. The normalized spacial score (nSPS) is 19.1. The summed E-state index contributed by atoms with van der Waals surface area (Å²) >= 11 is 0. The van der Waals surface area contributed by atoms with Gasteiger partial charge in [0.2, 0.25) is 17.8 Å². The Bertz CT molecular complexity index is 2090. The molecule has 4 aromatic rings. The number of nitrogen functional groups attached to an aromatic ring is 1. The van der Waals surface area contributed by atoms with Gasteiger partial charge >= 0.3 is 0 Å². The molecule has 4 aliphatic rings. The number of piperazine rings is 1. The summed E-state index contributed by atoms with van der Waals surface area (Å²) in [6, 6.07) is 9.17. The van der Waals surface area contributed by atoms with Crippen LogP contribution < -0.4 is 15.5 Å². The molecule has 6 heterocycles.